The van der Waals surface area contributed by atoms with Crippen LogP contribution in [-0.4, -0.2) is 35.3 Å². The average molecular weight is 364 g/mol. The molecule has 2 aromatic rings. The maximum absolute atomic E-state index is 13.0. The fourth-order valence-electron chi connectivity index (χ4n) is 3.31. The molecule has 0 aliphatic carbocycles. The van der Waals surface area contributed by atoms with Crippen LogP contribution in [0.15, 0.2) is 55.1 Å². The summed E-state index contributed by atoms with van der Waals surface area (Å²) >= 11 is 0. The molecule has 2 aromatic carbocycles. The van der Waals surface area contributed by atoms with Crippen LogP contribution in [0.5, 0.6) is 5.75 Å². The summed E-state index contributed by atoms with van der Waals surface area (Å²) in [6.07, 6.45) is 1.32. The molecule has 1 heterocycles. The zero-order valence-corrected chi connectivity index (χ0v) is 15.8. The van der Waals surface area contributed by atoms with Crippen molar-refractivity contribution in [2.24, 2.45) is 0 Å². The van der Waals surface area contributed by atoms with E-state index in [1.807, 2.05) is 49.4 Å². The van der Waals surface area contributed by atoms with Crippen molar-refractivity contribution in [1.82, 2.24) is 9.80 Å². The number of hydrogen-bond donors (Lipinski definition) is 0. The number of hydrogen-bond acceptors (Lipinski definition) is 3. The molecule has 0 saturated heterocycles. The molecule has 0 unspecified atom stereocenters. The molecule has 5 heteroatoms. The first-order valence-electron chi connectivity index (χ1n) is 9.01. The molecule has 5 nitrogen and oxygen atoms in total. The van der Waals surface area contributed by atoms with Gasteiger partial charge in [0.25, 0.3) is 5.91 Å². The van der Waals surface area contributed by atoms with Gasteiger partial charge in [-0.15, -0.1) is 0 Å². The van der Waals surface area contributed by atoms with Gasteiger partial charge in [0.2, 0.25) is 5.91 Å². The van der Waals surface area contributed by atoms with E-state index in [-0.39, 0.29) is 11.8 Å². The van der Waals surface area contributed by atoms with Crippen LogP contribution in [0.1, 0.15) is 34.0 Å². The minimum Gasteiger partial charge on any atom is -0.497 e. The topological polar surface area (TPSA) is 49.9 Å². The Morgan fingerprint density at radius 2 is 1.96 bits per heavy atom. The smallest absolute Gasteiger partial charge is 0.254 e. The number of carbonyl (C=O) groups excluding carboxylic acids is 2. The number of fused-ring (bicyclic) bond motifs is 1. The molecule has 0 fully saturated rings. The van der Waals surface area contributed by atoms with Crippen molar-refractivity contribution >= 4 is 11.8 Å². The predicted molar refractivity (Wildman–Crippen MR) is 104 cm³/mol. The van der Waals surface area contributed by atoms with Gasteiger partial charge >= 0.3 is 0 Å². The SMILES string of the molecule is C=CC(=O)N1Cc2ccc(C(=O)N(CC)Cc3cccc(OC)c3)cc2C1. The number of carbonyl (C=O) groups is 2. The Morgan fingerprint density at radius 1 is 1.19 bits per heavy atom. The lowest BCUT2D eigenvalue weighted by molar-refractivity contribution is -0.126. The normalized spacial score (nSPS) is 12.4. The number of rotatable bonds is 6. The summed E-state index contributed by atoms with van der Waals surface area (Å²) in [7, 11) is 1.63. The van der Waals surface area contributed by atoms with E-state index >= 15 is 0 Å². The standard InChI is InChI=1S/C22H24N2O3/c1-4-21(25)24-14-18-10-9-17(12-19(18)15-24)22(26)23(5-2)13-16-7-6-8-20(11-16)27-3/h4,6-12H,1,5,13-15H2,2-3H3. The molecule has 0 bridgehead atoms. The third-order valence-corrected chi connectivity index (χ3v) is 4.84. The summed E-state index contributed by atoms with van der Waals surface area (Å²) < 4.78 is 5.26. The minimum atomic E-state index is -0.0905. The van der Waals surface area contributed by atoms with E-state index in [1.54, 1.807) is 16.9 Å². The van der Waals surface area contributed by atoms with Crippen LogP contribution in [0.2, 0.25) is 0 Å². The van der Waals surface area contributed by atoms with Gasteiger partial charge in [0.1, 0.15) is 5.75 Å². The second kappa shape index (κ2) is 8.08. The van der Waals surface area contributed by atoms with Gasteiger partial charge in [0, 0.05) is 31.7 Å². The number of nitrogens with zero attached hydrogens (tertiary/aromatic N) is 2. The van der Waals surface area contributed by atoms with Crippen molar-refractivity contribution in [1.29, 1.82) is 0 Å². The molecule has 27 heavy (non-hydrogen) atoms. The van der Waals surface area contributed by atoms with Crippen molar-refractivity contribution in [2.45, 2.75) is 26.6 Å². The van der Waals surface area contributed by atoms with E-state index in [9.17, 15) is 9.59 Å². The Kier molecular flexibility index (Phi) is 5.60. The Balaban J connectivity index is 1.76. The number of methoxy groups -OCH3 is 1. The predicted octanol–water partition coefficient (Wildman–Crippen LogP) is 3.39. The molecule has 0 atom stereocenters. The van der Waals surface area contributed by atoms with Crippen molar-refractivity contribution in [3.63, 3.8) is 0 Å². The van der Waals surface area contributed by atoms with E-state index < -0.39 is 0 Å². The van der Waals surface area contributed by atoms with Gasteiger partial charge in [0.15, 0.2) is 0 Å². The molecule has 0 N–H and O–H groups in total. The molecule has 3 rings (SSSR count). The van der Waals surface area contributed by atoms with Crippen LogP contribution in [0, 0.1) is 0 Å². The quantitative estimate of drug-likeness (QED) is 0.739. The third-order valence-electron chi connectivity index (χ3n) is 4.84. The zero-order chi connectivity index (χ0) is 19.4. The largest absolute Gasteiger partial charge is 0.497 e. The van der Waals surface area contributed by atoms with E-state index in [0.29, 0.717) is 31.7 Å². The highest BCUT2D eigenvalue weighted by molar-refractivity contribution is 5.94. The fourth-order valence-corrected chi connectivity index (χ4v) is 3.31. The Hall–Kier alpha value is -3.08. The highest BCUT2D eigenvalue weighted by Gasteiger charge is 2.24. The second-order valence-corrected chi connectivity index (χ2v) is 6.55. The molecule has 0 aromatic heterocycles. The molecular weight excluding hydrogens is 340 g/mol. The summed E-state index contributed by atoms with van der Waals surface area (Å²) in [5, 5.41) is 0. The molecule has 0 spiro atoms. The Morgan fingerprint density at radius 3 is 2.67 bits per heavy atom. The number of ether oxygens (including phenoxy) is 1. The van der Waals surface area contributed by atoms with Crippen molar-refractivity contribution in [2.75, 3.05) is 13.7 Å². The Labute approximate surface area is 159 Å². The van der Waals surface area contributed by atoms with Crippen LogP contribution < -0.4 is 4.74 Å². The van der Waals surface area contributed by atoms with Gasteiger partial charge in [0.05, 0.1) is 7.11 Å². The summed E-state index contributed by atoms with van der Waals surface area (Å²) in [6.45, 7) is 7.71. The summed E-state index contributed by atoms with van der Waals surface area (Å²) in [6, 6.07) is 13.4. The van der Waals surface area contributed by atoms with Gasteiger partial charge in [-0.05, 0) is 54.0 Å². The molecule has 140 valence electrons. The summed E-state index contributed by atoms with van der Waals surface area (Å²) in [5.41, 5.74) is 3.77. The van der Waals surface area contributed by atoms with Crippen LogP contribution in [0.4, 0.5) is 0 Å². The first-order valence-corrected chi connectivity index (χ1v) is 9.01. The minimum absolute atomic E-state index is 0.0170. The Bertz CT molecular complexity index is 876. The van der Waals surface area contributed by atoms with Gasteiger partial charge in [-0.3, -0.25) is 9.59 Å². The lowest BCUT2D eigenvalue weighted by atomic mass is 10.1. The molecule has 1 aliphatic rings. The third kappa shape index (κ3) is 4.03. The average Bonchev–Trinajstić information content (AvgIpc) is 3.14. The highest BCUT2D eigenvalue weighted by atomic mass is 16.5. The first kappa shape index (κ1) is 18.7. The second-order valence-electron chi connectivity index (χ2n) is 6.55. The fraction of sp³-hybridized carbons (Fsp3) is 0.273. The summed E-state index contributed by atoms with van der Waals surface area (Å²) in [5.74, 6) is 0.671. The lowest BCUT2D eigenvalue weighted by Gasteiger charge is -2.21. The van der Waals surface area contributed by atoms with Crippen LogP contribution in [-0.2, 0) is 24.4 Å². The van der Waals surface area contributed by atoms with E-state index in [0.717, 1.165) is 22.4 Å². The first-order chi connectivity index (χ1) is 13.0. The van der Waals surface area contributed by atoms with E-state index in [4.69, 9.17) is 4.74 Å². The summed E-state index contributed by atoms with van der Waals surface area (Å²) in [4.78, 5) is 28.4. The maximum atomic E-state index is 13.0. The van der Waals surface area contributed by atoms with Gasteiger partial charge in [-0.25, -0.2) is 0 Å². The monoisotopic (exact) mass is 364 g/mol. The van der Waals surface area contributed by atoms with Crippen LogP contribution >= 0.6 is 0 Å². The molecule has 0 radical (unpaired) electrons. The maximum Gasteiger partial charge on any atom is 0.254 e. The van der Waals surface area contributed by atoms with E-state index in [2.05, 4.69) is 6.58 Å². The molecule has 2 amide bonds. The number of amides is 2. The highest BCUT2D eigenvalue weighted by Crippen LogP contribution is 2.25. The number of benzene rings is 2. The molecule has 0 saturated carbocycles. The molecule has 1 aliphatic heterocycles. The van der Waals surface area contributed by atoms with Gasteiger partial charge in [-0.2, -0.15) is 0 Å². The van der Waals surface area contributed by atoms with Gasteiger partial charge in [-0.1, -0.05) is 24.8 Å². The van der Waals surface area contributed by atoms with Gasteiger partial charge < -0.3 is 14.5 Å². The van der Waals surface area contributed by atoms with Crippen molar-refractivity contribution in [3.05, 3.63) is 77.4 Å². The molecular formula is C22H24N2O3. The van der Waals surface area contributed by atoms with Crippen LogP contribution in [0.25, 0.3) is 0 Å². The lowest BCUT2D eigenvalue weighted by Crippen LogP contribution is -2.30. The zero-order valence-electron chi connectivity index (χ0n) is 15.8. The van der Waals surface area contributed by atoms with Crippen molar-refractivity contribution in [3.8, 4) is 5.75 Å². The van der Waals surface area contributed by atoms with E-state index in [1.165, 1.54) is 6.08 Å². The van der Waals surface area contributed by atoms with Crippen LogP contribution in [0.3, 0.4) is 0 Å². The van der Waals surface area contributed by atoms with Crippen molar-refractivity contribution < 1.29 is 14.3 Å².